The van der Waals surface area contributed by atoms with Crippen molar-refractivity contribution in [2.75, 3.05) is 6.54 Å². The Balaban J connectivity index is 2.12. The zero-order valence-electron chi connectivity index (χ0n) is 8.06. The Bertz CT molecular complexity index is 326. The van der Waals surface area contributed by atoms with Gasteiger partial charge in [0.15, 0.2) is 0 Å². The third-order valence-corrected chi connectivity index (χ3v) is 2.54. The van der Waals surface area contributed by atoms with Crippen molar-refractivity contribution in [2.45, 2.75) is 31.5 Å². The predicted octanol–water partition coefficient (Wildman–Crippen LogP) is 2.24. The summed E-state index contributed by atoms with van der Waals surface area (Å²) in [6.07, 6.45) is -0.542. The Kier molecular flexibility index (Phi) is 2.68. The number of alkyl halides is 3. The van der Waals surface area contributed by atoms with E-state index in [0.29, 0.717) is 5.82 Å². The van der Waals surface area contributed by atoms with Crippen LogP contribution in [-0.4, -0.2) is 16.5 Å². The zero-order valence-corrected chi connectivity index (χ0v) is 8.06. The second-order valence-corrected chi connectivity index (χ2v) is 3.68. The number of piperidine rings is 1. The molecule has 0 bridgehead atoms. The molecule has 1 aliphatic rings. The Hall–Kier alpha value is -1.04. The number of hydrogen-bond acceptors (Lipinski definition) is 2. The number of halogens is 3. The minimum atomic E-state index is -4.33. The molecule has 1 fully saturated rings. The van der Waals surface area contributed by atoms with Gasteiger partial charge in [0.25, 0.3) is 0 Å². The molecule has 15 heavy (non-hydrogen) atoms. The zero-order chi connectivity index (χ0) is 10.9. The second kappa shape index (κ2) is 3.84. The van der Waals surface area contributed by atoms with Gasteiger partial charge in [-0.25, -0.2) is 4.98 Å². The molecule has 0 amide bonds. The molecule has 0 radical (unpaired) electrons. The molecule has 0 aliphatic carbocycles. The molecule has 0 saturated carbocycles. The van der Waals surface area contributed by atoms with Crippen LogP contribution in [0.5, 0.6) is 0 Å². The van der Waals surface area contributed by atoms with Crippen LogP contribution >= 0.6 is 0 Å². The van der Waals surface area contributed by atoms with Gasteiger partial charge in [0, 0.05) is 0 Å². The number of aromatic nitrogens is 2. The van der Waals surface area contributed by atoms with Crippen molar-refractivity contribution in [3.8, 4) is 0 Å². The normalized spacial score (nSPS) is 23.0. The van der Waals surface area contributed by atoms with Crippen molar-refractivity contribution in [1.82, 2.24) is 15.3 Å². The van der Waals surface area contributed by atoms with Gasteiger partial charge in [-0.15, -0.1) is 0 Å². The van der Waals surface area contributed by atoms with Crippen molar-refractivity contribution < 1.29 is 13.2 Å². The van der Waals surface area contributed by atoms with Crippen LogP contribution in [0.25, 0.3) is 0 Å². The Morgan fingerprint density at radius 2 is 2.13 bits per heavy atom. The third-order valence-electron chi connectivity index (χ3n) is 2.54. The Morgan fingerprint density at radius 1 is 1.33 bits per heavy atom. The van der Waals surface area contributed by atoms with E-state index in [1.54, 1.807) is 0 Å². The molecule has 6 heteroatoms. The molecule has 0 aromatic carbocycles. The van der Waals surface area contributed by atoms with Crippen LogP contribution in [-0.2, 0) is 6.18 Å². The van der Waals surface area contributed by atoms with Gasteiger partial charge in [-0.1, -0.05) is 6.42 Å². The average molecular weight is 219 g/mol. The smallest absolute Gasteiger partial charge is 0.337 e. The molecule has 3 nitrogen and oxygen atoms in total. The third kappa shape index (κ3) is 2.31. The standard InChI is InChI=1S/C9H12F3N3/c10-9(11,12)7-5-14-8(15-7)6-3-1-2-4-13-6/h5-6,13H,1-4H2,(H,14,15). The summed E-state index contributed by atoms with van der Waals surface area (Å²) in [6, 6.07) is -0.0603. The first kappa shape index (κ1) is 10.5. The number of H-pyrrole nitrogens is 1. The summed E-state index contributed by atoms with van der Waals surface area (Å²) in [7, 11) is 0. The van der Waals surface area contributed by atoms with E-state index < -0.39 is 11.9 Å². The lowest BCUT2D eigenvalue weighted by molar-refractivity contribution is -0.141. The summed E-state index contributed by atoms with van der Waals surface area (Å²) in [5.41, 5.74) is -0.773. The molecule has 2 N–H and O–H groups in total. The lowest BCUT2D eigenvalue weighted by Gasteiger charge is -2.21. The van der Waals surface area contributed by atoms with E-state index in [0.717, 1.165) is 32.0 Å². The highest BCUT2D eigenvalue weighted by atomic mass is 19.4. The van der Waals surface area contributed by atoms with E-state index in [2.05, 4.69) is 15.3 Å². The highest BCUT2D eigenvalue weighted by Crippen LogP contribution is 2.29. The van der Waals surface area contributed by atoms with E-state index in [1.807, 2.05) is 0 Å². The molecule has 1 atom stereocenters. The average Bonchev–Trinajstić information content (AvgIpc) is 2.67. The van der Waals surface area contributed by atoms with E-state index >= 15 is 0 Å². The van der Waals surface area contributed by atoms with Gasteiger partial charge in [0.2, 0.25) is 0 Å². The minimum Gasteiger partial charge on any atom is -0.337 e. The number of imidazole rings is 1. The molecule has 1 unspecified atom stereocenters. The molecular formula is C9H12F3N3. The first-order chi connectivity index (χ1) is 7.07. The van der Waals surface area contributed by atoms with E-state index in [-0.39, 0.29) is 6.04 Å². The fourth-order valence-corrected chi connectivity index (χ4v) is 1.74. The van der Waals surface area contributed by atoms with Crippen LogP contribution in [0.3, 0.4) is 0 Å². The van der Waals surface area contributed by atoms with E-state index in [4.69, 9.17) is 0 Å². The topological polar surface area (TPSA) is 40.7 Å². The Morgan fingerprint density at radius 3 is 2.67 bits per heavy atom. The maximum atomic E-state index is 12.3. The molecule has 84 valence electrons. The van der Waals surface area contributed by atoms with Crippen LogP contribution in [0.4, 0.5) is 13.2 Å². The summed E-state index contributed by atoms with van der Waals surface area (Å²) >= 11 is 0. The largest absolute Gasteiger partial charge is 0.432 e. The summed E-state index contributed by atoms with van der Waals surface area (Å²) in [5, 5.41) is 3.14. The van der Waals surface area contributed by atoms with Gasteiger partial charge in [0.1, 0.15) is 11.5 Å². The summed E-state index contributed by atoms with van der Waals surface area (Å²) in [5.74, 6) is 0.391. The van der Waals surface area contributed by atoms with Gasteiger partial charge in [-0.2, -0.15) is 13.2 Å². The number of hydrogen-bond donors (Lipinski definition) is 2. The van der Waals surface area contributed by atoms with Gasteiger partial charge in [-0.05, 0) is 19.4 Å². The lowest BCUT2D eigenvalue weighted by atomic mass is 10.0. The summed E-state index contributed by atoms with van der Waals surface area (Å²) in [6.45, 7) is 0.840. The fourth-order valence-electron chi connectivity index (χ4n) is 1.74. The van der Waals surface area contributed by atoms with E-state index in [1.165, 1.54) is 0 Å². The molecule has 1 aromatic heterocycles. The highest BCUT2D eigenvalue weighted by Gasteiger charge is 2.33. The predicted molar refractivity (Wildman–Crippen MR) is 48.2 cm³/mol. The van der Waals surface area contributed by atoms with Crippen molar-refractivity contribution in [3.05, 3.63) is 17.7 Å². The molecule has 2 rings (SSSR count). The van der Waals surface area contributed by atoms with Crippen LogP contribution in [0.2, 0.25) is 0 Å². The quantitative estimate of drug-likeness (QED) is 0.760. The van der Waals surface area contributed by atoms with Crippen molar-refractivity contribution in [3.63, 3.8) is 0 Å². The van der Waals surface area contributed by atoms with Gasteiger partial charge in [0.05, 0.1) is 12.2 Å². The molecule has 2 heterocycles. The van der Waals surface area contributed by atoms with Crippen LogP contribution in [0.15, 0.2) is 6.20 Å². The van der Waals surface area contributed by atoms with Crippen molar-refractivity contribution in [1.29, 1.82) is 0 Å². The summed E-state index contributed by atoms with van der Waals surface area (Å²) < 4.78 is 36.8. The van der Waals surface area contributed by atoms with Gasteiger partial charge >= 0.3 is 6.18 Å². The lowest BCUT2D eigenvalue weighted by Crippen LogP contribution is -2.27. The van der Waals surface area contributed by atoms with Crippen molar-refractivity contribution >= 4 is 0 Å². The molecule has 1 aliphatic heterocycles. The number of nitrogens with one attached hydrogen (secondary N) is 2. The second-order valence-electron chi connectivity index (χ2n) is 3.68. The summed E-state index contributed by atoms with van der Waals surface area (Å²) in [4.78, 5) is 6.09. The first-order valence-electron chi connectivity index (χ1n) is 4.93. The van der Waals surface area contributed by atoms with Gasteiger partial charge in [-0.3, -0.25) is 0 Å². The molecule has 1 aromatic rings. The fraction of sp³-hybridized carbons (Fsp3) is 0.667. The van der Waals surface area contributed by atoms with E-state index in [9.17, 15) is 13.2 Å². The molecular weight excluding hydrogens is 207 g/mol. The van der Waals surface area contributed by atoms with Gasteiger partial charge < -0.3 is 10.3 Å². The maximum absolute atomic E-state index is 12.3. The number of aromatic amines is 1. The van der Waals surface area contributed by atoms with Crippen LogP contribution in [0, 0.1) is 0 Å². The Labute approximate surface area is 85.1 Å². The minimum absolute atomic E-state index is 0.0603. The number of nitrogens with zero attached hydrogens (tertiary/aromatic N) is 1. The maximum Gasteiger partial charge on any atom is 0.432 e. The van der Waals surface area contributed by atoms with Crippen LogP contribution < -0.4 is 5.32 Å². The van der Waals surface area contributed by atoms with Crippen molar-refractivity contribution in [2.24, 2.45) is 0 Å². The first-order valence-corrected chi connectivity index (χ1v) is 4.93. The monoisotopic (exact) mass is 219 g/mol. The number of rotatable bonds is 1. The molecule has 0 spiro atoms. The SMILES string of the molecule is FC(F)(F)c1cnc(C2CCCCN2)[nH]1. The highest BCUT2D eigenvalue weighted by molar-refractivity contribution is 5.08. The molecule has 1 saturated heterocycles. The van der Waals surface area contributed by atoms with Crippen LogP contribution in [0.1, 0.15) is 36.8 Å².